The summed E-state index contributed by atoms with van der Waals surface area (Å²) >= 11 is 0. The van der Waals surface area contributed by atoms with Crippen molar-refractivity contribution in [3.8, 4) is 0 Å². The third-order valence-electron chi connectivity index (χ3n) is 2.52. The number of nitrogens with two attached hydrogens (primary N) is 1. The molecule has 2 atom stereocenters. The van der Waals surface area contributed by atoms with Crippen molar-refractivity contribution >= 4 is 5.78 Å². The Balaban J connectivity index is 2.74. The lowest BCUT2D eigenvalue weighted by molar-refractivity contribution is -0.531. The van der Waals surface area contributed by atoms with Gasteiger partial charge in [0.05, 0.1) is 6.61 Å². The van der Waals surface area contributed by atoms with Crippen LogP contribution in [-0.2, 0) is 9.53 Å². The molecule has 0 spiro atoms. The second-order valence-corrected chi connectivity index (χ2v) is 4.68. The molecule has 92 valence electrons. The highest BCUT2D eigenvalue weighted by Crippen LogP contribution is 2.30. The normalized spacial score (nSPS) is 26.9. The summed E-state index contributed by atoms with van der Waals surface area (Å²) in [6.45, 7) is 5.85. The van der Waals surface area contributed by atoms with Crippen LogP contribution in [0, 0.1) is 11.1 Å². The van der Waals surface area contributed by atoms with Crippen LogP contribution in [0.3, 0.4) is 0 Å². The van der Waals surface area contributed by atoms with Gasteiger partial charge in [-0.05, 0) is 24.4 Å². The van der Waals surface area contributed by atoms with Gasteiger partial charge in [-0.25, -0.2) is 0 Å². The number of epoxide rings is 1. The van der Waals surface area contributed by atoms with Crippen molar-refractivity contribution < 1.29 is 14.4 Å². The van der Waals surface area contributed by atoms with Crippen molar-refractivity contribution in [3.63, 3.8) is 0 Å². The lowest BCUT2D eigenvalue weighted by atomic mass is 9.94. The number of carbonyl (C=O) groups is 1. The number of nitrogens with zero attached hydrogens (tertiary/aromatic N) is 2. The standard InChI is InChI=1S/C10H19N3O3/c1-7(2)4-8(12-13(15)6-11)9(14)10(3)5-16-10/h7-8H,4-6,11H2,1-3H3/t8-,10?/m0/s1. The minimum Gasteiger partial charge on any atom is -0.599 e. The minimum absolute atomic E-state index is 0.129. The molecule has 0 saturated carbocycles. The molecule has 1 fully saturated rings. The van der Waals surface area contributed by atoms with Crippen LogP contribution < -0.4 is 5.73 Å². The largest absolute Gasteiger partial charge is 0.599 e. The second-order valence-electron chi connectivity index (χ2n) is 4.68. The Morgan fingerprint density at radius 1 is 1.69 bits per heavy atom. The molecule has 1 aliphatic rings. The summed E-state index contributed by atoms with van der Waals surface area (Å²) in [4.78, 5) is 12.3. The lowest BCUT2D eigenvalue weighted by Crippen LogP contribution is -2.34. The number of rotatable bonds is 6. The highest BCUT2D eigenvalue weighted by atomic mass is 16.6. The van der Waals surface area contributed by atoms with Crippen molar-refractivity contribution in [1.82, 2.24) is 0 Å². The molecular weight excluding hydrogens is 210 g/mol. The smallest absolute Gasteiger partial charge is 0.231 e. The Labute approximate surface area is 95.0 Å². The summed E-state index contributed by atoms with van der Waals surface area (Å²) in [6, 6.07) is -0.645. The van der Waals surface area contributed by atoms with E-state index in [1.807, 2.05) is 13.8 Å². The first-order valence-corrected chi connectivity index (χ1v) is 5.43. The fourth-order valence-corrected chi connectivity index (χ4v) is 1.46. The van der Waals surface area contributed by atoms with Gasteiger partial charge >= 0.3 is 0 Å². The first kappa shape index (κ1) is 13.1. The predicted molar refractivity (Wildman–Crippen MR) is 57.7 cm³/mol. The fraction of sp³-hybridized carbons (Fsp3) is 0.900. The zero-order valence-electron chi connectivity index (χ0n) is 9.97. The van der Waals surface area contributed by atoms with Gasteiger partial charge in [0, 0.05) is 0 Å². The molecule has 16 heavy (non-hydrogen) atoms. The molecule has 0 radical (unpaired) electrons. The van der Waals surface area contributed by atoms with Crippen LogP contribution in [0.15, 0.2) is 5.11 Å². The summed E-state index contributed by atoms with van der Waals surface area (Å²) < 4.78 is 5.07. The van der Waals surface area contributed by atoms with E-state index in [4.69, 9.17) is 10.5 Å². The Morgan fingerprint density at radius 3 is 2.62 bits per heavy atom. The summed E-state index contributed by atoms with van der Waals surface area (Å²) in [5.74, 6) is 0.154. The number of hydrogen-bond acceptors (Lipinski definition) is 5. The van der Waals surface area contributed by atoms with Gasteiger partial charge in [0.15, 0.2) is 11.8 Å². The van der Waals surface area contributed by atoms with Crippen LogP contribution in [0.2, 0.25) is 0 Å². The number of carbonyl (C=O) groups excluding carboxylic acids is 1. The molecule has 0 bridgehead atoms. The molecule has 1 rings (SSSR count). The average Bonchev–Trinajstić information content (AvgIpc) is 2.94. The number of hydrogen-bond donors (Lipinski definition) is 1. The molecule has 1 unspecified atom stereocenters. The van der Waals surface area contributed by atoms with E-state index in [9.17, 15) is 10.0 Å². The van der Waals surface area contributed by atoms with E-state index < -0.39 is 11.6 Å². The molecule has 0 aliphatic carbocycles. The van der Waals surface area contributed by atoms with E-state index in [0.29, 0.717) is 17.9 Å². The topological polar surface area (TPSA) is 94.1 Å². The number of azo groups is 1. The maximum absolute atomic E-state index is 12.0. The monoisotopic (exact) mass is 229 g/mol. The van der Waals surface area contributed by atoms with Gasteiger partial charge in [-0.2, -0.15) is 0 Å². The molecule has 0 aromatic carbocycles. The molecule has 1 saturated heterocycles. The zero-order valence-corrected chi connectivity index (χ0v) is 9.97. The number of ether oxygens (including phenoxy) is 1. The third-order valence-corrected chi connectivity index (χ3v) is 2.52. The van der Waals surface area contributed by atoms with Gasteiger partial charge in [-0.3, -0.25) is 10.5 Å². The van der Waals surface area contributed by atoms with Gasteiger partial charge in [0.25, 0.3) is 0 Å². The van der Waals surface area contributed by atoms with E-state index in [1.54, 1.807) is 6.92 Å². The van der Waals surface area contributed by atoms with E-state index >= 15 is 0 Å². The SMILES string of the molecule is CC(C)C[C@H](N=[N+]([O-])CN)C(=O)C1(C)CO1. The second kappa shape index (κ2) is 4.88. The van der Waals surface area contributed by atoms with Gasteiger partial charge in [-0.15, -0.1) is 0 Å². The van der Waals surface area contributed by atoms with Crippen LogP contribution in [0.25, 0.3) is 0 Å². The maximum atomic E-state index is 12.0. The molecule has 0 aromatic heterocycles. The lowest BCUT2D eigenvalue weighted by Gasteiger charge is -2.13. The highest BCUT2D eigenvalue weighted by Gasteiger charge is 2.50. The quantitative estimate of drug-likeness (QED) is 0.238. The first-order chi connectivity index (χ1) is 7.39. The zero-order chi connectivity index (χ0) is 12.3. The Hall–Kier alpha value is -1.01. The molecule has 0 aromatic rings. The van der Waals surface area contributed by atoms with Crippen molar-refractivity contribution in [3.05, 3.63) is 5.21 Å². The summed E-state index contributed by atoms with van der Waals surface area (Å²) in [6.07, 6.45) is 0.538. The molecule has 0 amide bonds. The maximum Gasteiger partial charge on any atom is 0.231 e. The van der Waals surface area contributed by atoms with Crippen LogP contribution in [0.4, 0.5) is 0 Å². The molecule has 6 nitrogen and oxygen atoms in total. The van der Waals surface area contributed by atoms with Gasteiger partial charge < -0.3 is 9.94 Å². The third kappa shape index (κ3) is 3.24. The molecular formula is C10H19N3O3. The molecule has 1 aliphatic heterocycles. The van der Waals surface area contributed by atoms with Crippen LogP contribution in [0.1, 0.15) is 27.2 Å². The van der Waals surface area contributed by atoms with Crippen molar-refractivity contribution in [2.45, 2.75) is 38.8 Å². The van der Waals surface area contributed by atoms with E-state index in [-0.39, 0.29) is 18.4 Å². The Bertz CT molecular complexity index is 298. The van der Waals surface area contributed by atoms with Crippen molar-refractivity contribution in [2.75, 3.05) is 13.3 Å². The predicted octanol–water partition coefficient (Wildman–Crippen LogP) is 0.638. The first-order valence-electron chi connectivity index (χ1n) is 5.43. The summed E-state index contributed by atoms with van der Waals surface area (Å²) in [5.41, 5.74) is 4.42. The Kier molecular flexibility index (Phi) is 3.98. The van der Waals surface area contributed by atoms with Gasteiger partial charge in [-0.1, -0.05) is 18.7 Å². The summed E-state index contributed by atoms with van der Waals surface area (Å²) in [5, 5.41) is 14.9. The average molecular weight is 229 g/mol. The van der Waals surface area contributed by atoms with Crippen LogP contribution >= 0.6 is 0 Å². The van der Waals surface area contributed by atoms with Gasteiger partial charge in [0.2, 0.25) is 6.67 Å². The van der Waals surface area contributed by atoms with E-state index in [1.165, 1.54) is 0 Å². The Morgan fingerprint density at radius 2 is 2.25 bits per heavy atom. The van der Waals surface area contributed by atoms with Crippen molar-refractivity contribution in [1.29, 1.82) is 0 Å². The number of hydroxylamine groups is 1. The minimum atomic E-state index is -0.738. The summed E-state index contributed by atoms with van der Waals surface area (Å²) in [7, 11) is 0. The molecule has 2 N–H and O–H groups in total. The van der Waals surface area contributed by atoms with Crippen molar-refractivity contribution in [2.24, 2.45) is 16.8 Å². The van der Waals surface area contributed by atoms with Gasteiger partial charge in [0.1, 0.15) is 5.60 Å². The highest BCUT2D eigenvalue weighted by molar-refractivity contribution is 5.93. The number of ketones is 1. The molecule has 6 heteroatoms. The van der Waals surface area contributed by atoms with Crippen LogP contribution in [-0.4, -0.2) is 35.6 Å². The van der Waals surface area contributed by atoms with Crippen LogP contribution in [0.5, 0.6) is 0 Å². The number of Topliss-reactive ketones (excluding diaryl/α,β-unsaturated/α-hetero) is 1. The molecule has 1 heterocycles. The van der Waals surface area contributed by atoms with E-state index in [2.05, 4.69) is 5.11 Å². The fourth-order valence-electron chi connectivity index (χ4n) is 1.46. The van der Waals surface area contributed by atoms with E-state index in [0.717, 1.165) is 0 Å².